The maximum absolute atomic E-state index is 13.1. The Hall–Kier alpha value is -1.13. The Balaban J connectivity index is 2.81. The van der Waals surface area contributed by atoms with E-state index in [0.29, 0.717) is 25.3 Å². The maximum atomic E-state index is 13.1. The predicted molar refractivity (Wildman–Crippen MR) is 66.8 cm³/mol. The minimum atomic E-state index is -0.685. The molecule has 0 saturated carbocycles. The third kappa shape index (κ3) is 3.98. The molecule has 3 nitrogen and oxygen atoms in total. The number of rotatable bonds is 6. The van der Waals surface area contributed by atoms with Gasteiger partial charge in [0.2, 0.25) is 0 Å². The number of hydrogen-bond donors (Lipinski definition) is 1. The van der Waals surface area contributed by atoms with Crippen LogP contribution in [0.4, 0.5) is 10.1 Å². The number of aliphatic hydroxyl groups excluding tert-OH is 1. The van der Waals surface area contributed by atoms with Gasteiger partial charge in [0.15, 0.2) is 0 Å². The molecule has 1 aromatic carbocycles. The number of hydrogen-bond acceptors (Lipinski definition) is 3. The summed E-state index contributed by atoms with van der Waals surface area (Å²) in [7, 11) is 1.90. The van der Waals surface area contributed by atoms with Crippen molar-refractivity contribution in [1.82, 2.24) is 0 Å². The summed E-state index contributed by atoms with van der Waals surface area (Å²) in [5.74, 6) is -0.331. The van der Waals surface area contributed by atoms with Gasteiger partial charge in [-0.15, -0.1) is 0 Å². The lowest BCUT2D eigenvalue weighted by atomic mass is 10.1. The molecular weight excluding hydrogens is 221 g/mol. The lowest BCUT2D eigenvalue weighted by molar-refractivity contribution is 0.154. The molecular formula is C13H20FNO2. The number of benzene rings is 1. The molecule has 1 N–H and O–H groups in total. The molecule has 0 saturated heterocycles. The van der Waals surface area contributed by atoms with Gasteiger partial charge in [-0.3, -0.25) is 0 Å². The Labute approximate surface area is 102 Å². The van der Waals surface area contributed by atoms with Crippen molar-refractivity contribution in [3.05, 3.63) is 29.6 Å². The van der Waals surface area contributed by atoms with Crippen LogP contribution in [-0.2, 0) is 4.74 Å². The molecule has 0 amide bonds. The number of aliphatic hydroxyl groups is 1. The van der Waals surface area contributed by atoms with Crippen LogP contribution in [-0.4, -0.2) is 31.9 Å². The Morgan fingerprint density at radius 1 is 1.47 bits per heavy atom. The van der Waals surface area contributed by atoms with Crippen LogP contribution in [0.5, 0.6) is 0 Å². The lowest BCUT2D eigenvalue weighted by Gasteiger charge is -2.23. The second-order valence-corrected chi connectivity index (χ2v) is 4.00. The molecule has 0 bridgehead atoms. The molecule has 1 rings (SSSR count). The van der Waals surface area contributed by atoms with Crippen LogP contribution in [0.15, 0.2) is 18.2 Å². The van der Waals surface area contributed by atoms with Crippen LogP contribution < -0.4 is 4.90 Å². The summed E-state index contributed by atoms with van der Waals surface area (Å²) in [5, 5.41) is 9.62. The molecule has 0 spiro atoms. The monoisotopic (exact) mass is 241 g/mol. The number of likely N-dealkylation sites (N-methyl/N-ethyl adjacent to an activating group) is 1. The van der Waals surface area contributed by atoms with E-state index < -0.39 is 6.10 Å². The van der Waals surface area contributed by atoms with E-state index in [1.54, 1.807) is 13.0 Å². The normalized spacial score (nSPS) is 12.5. The number of halogens is 1. The lowest BCUT2D eigenvalue weighted by Crippen LogP contribution is -2.24. The first-order valence-corrected chi connectivity index (χ1v) is 5.82. The fourth-order valence-electron chi connectivity index (χ4n) is 1.67. The van der Waals surface area contributed by atoms with Gasteiger partial charge in [-0.2, -0.15) is 0 Å². The highest BCUT2D eigenvalue weighted by Gasteiger charge is 2.12. The Bertz CT molecular complexity index is 355. The summed E-state index contributed by atoms with van der Waals surface area (Å²) < 4.78 is 18.4. The van der Waals surface area contributed by atoms with Crippen LogP contribution in [0.3, 0.4) is 0 Å². The maximum Gasteiger partial charge on any atom is 0.123 e. The summed E-state index contributed by atoms with van der Waals surface area (Å²) >= 11 is 0. The summed E-state index contributed by atoms with van der Waals surface area (Å²) in [6.07, 6.45) is -0.685. The van der Waals surface area contributed by atoms with Gasteiger partial charge in [-0.25, -0.2) is 4.39 Å². The zero-order valence-corrected chi connectivity index (χ0v) is 10.6. The van der Waals surface area contributed by atoms with Gasteiger partial charge in [0, 0.05) is 31.5 Å². The largest absolute Gasteiger partial charge is 0.389 e. The highest BCUT2D eigenvalue weighted by Crippen LogP contribution is 2.26. The SMILES string of the molecule is CCOCCN(C)c1ccc(F)cc1C(C)O. The molecule has 0 aliphatic heterocycles. The van der Waals surface area contributed by atoms with Gasteiger partial charge < -0.3 is 14.7 Å². The topological polar surface area (TPSA) is 32.7 Å². The molecule has 1 aromatic rings. The molecule has 1 atom stereocenters. The first-order valence-electron chi connectivity index (χ1n) is 5.82. The van der Waals surface area contributed by atoms with E-state index in [-0.39, 0.29) is 5.82 Å². The number of anilines is 1. The Kier molecular flexibility index (Phi) is 5.38. The molecule has 0 aromatic heterocycles. The van der Waals surface area contributed by atoms with E-state index in [0.717, 1.165) is 5.69 Å². The number of ether oxygens (including phenoxy) is 1. The van der Waals surface area contributed by atoms with Crippen LogP contribution in [0, 0.1) is 5.82 Å². The van der Waals surface area contributed by atoms with Crippen molar-refractivity contribution in [2.45, 2.75) is 20.0 Å². The highest BCUT2D eigenvalue weighted by atomic mass is 19.1. The van der Waals surface area contributed by atoms with E-state index in [1.807, 2.05) is 18.9 Å². The average Bonchev–Trinajstić information content (AvgIpc) is 2.29. The van der Waals surface area contributed by atoms with Gasteiger partial charge in [0.25, 0.3) is 0 Å². The van der Waals surface area contributed by atoms with Gasteiger partial charge in [0.05, 0.1) is 12.7 Å². The molecule has 0 aliphatic carbocycles. The van der Waals surface area contributed by atoms with E-state index >= 15 is 0 Å². The summed E-state index contributed by atoms with van der Waals surface area (Å²) in [6.45, 7) is 5.58. The predicted octanol–water partition coefficient (Wildman–Crippen LogP) is 2.35. The highest BCUT2D eigenvalue weighted by molar-refractivity contribution is 5.54. The molecule has 1 unspecified atom stereocenters. The molecule has 4 heteroatoms. The average molecular weight is 241 g/mol. The van der Waals surface area contributed by atoms with Crippen LogP contribution >= 0.6 is 0 Å². The van der Waals surface area contributed by atoms with E-state index in [2.05, 4.69) is 0 Å². The van der Waals surface area contributed by atoms with Crippen LogP contribution in [0.2, 0.25) is 0 Å². The first-order chi connectivity index (χ1) is 8.06. The first kappa shape index (κ1) is 13.9. The van der Waals surface area contributed by atoms with E-state index in [1.165, 1.54) is 12.1 Å². The smallest absolute Gasteiger partial charge is 0.123 e. The van der Waals surface area contributed by atoms with Crippen molar-refractivity contribution in [3.8, 4) is 0 Å². The van der Waals surface area contributed by atoms with Gasteiger partial charge in [-0.05, 0) is 32.0 Å². The molecule has 96 valence electrons. The minimum absolute atomic E-state index is 0.331. The third-order valence-corrected chi connectivity index (χ3v) is 2.63. The van der Waals surface area contributed by atoms with Gasteiger partial charge >= 0.3 is 0 Å². The summed E-state index contributed by atoms with van der Waals surface area (Å²) in [4.78, 5) is 1.96. The molecule has 0 radical (unpaired) electrons. The molecule has 0 heterocycles. The van der Waals surface area contributed by atoms with Gasteiger partial charge in [-0.1, -0.05) is 0 Å². The van der Waals surface area contributed by atoms with Crippen molar-refractivity contribution in [3.63, 3.8) is 0 Å². The van der Waals surface area contributed by atoms with Crippen molar-refractivity contribution in [2.75, 3.05) is 31.7 Å². The van der Waals surface area contributed by atoms with Crippen LogP contribution in [0.1, 0.15) is 25.5 Å². The van der Waals surface area contributed by atoms with Gasteiger partial charge in [0.1, 0.15) is 5.82 Å². The zero-order chi connectivity index (χ0) is 12.8. The molecule has 17 heavy (non-hydrogen) atoms. The standard InChI is InChI=1S/C13H20FNO2/c1-4-17-8-7-15(3)13-6-5-11(14)9-12(13)10(2)16/h5-6,9-10,16H,4,7-8H2,1-3H3. The minimum Gasteiger partial charge on any atom is -0.389 e. The zero-order valence-electron chi connectivity index (χ0n) is 10.6. The molecule has 0 aliphatic rings. The second-order valence-electron chi connectivity index (χ2n) is 4.00. The fourth-order valence-corrected chi connectivity index (χ4v) is 1.67. The fraction of sp³-hybridized carbons (Fsp3) is 0.538. The van der Waals surface area contributed by atoms with Crippen molar-refractivity contribution < 1.29 is 14.2 Å². The van der Waals surface area contributed by atoms with Crippen molar-refractivity contribution in [2.24, 2.45) is 0 Å². The van der Waals surface area contributed by atoms with Crippen molar-refractivity contribution >= 4 is 5.69 Å². The van der Waals surface area contributed by atoms with E-state index in [4.69, 9.17) is 4.74 Å². The Morgan fingerprint density at radius 3 is 2.76 bits per heavy atom. The number of nitrogens with zero attached hydrogens (tertiary/aromatic N) is 1. The molecule has 0 fully saturated rings. The quantitative estimate of drug-likeness (QED) is 0.776. The third-order valence-electron chi connectivity index (χ3n) is 2.63. The van der Waals surface area contributed by atoms with E-state index in [9.17, 15) is 9.50 Å². The van der Waals surface area contributed by atoms with Crippen LogP contribution in [0.25, 0.3) is 0 Å². The second kappa shape index (κ2) is 6.57. The van der Waals surface area contributed by atoms with Crippen molar-refractivity contribution in [1.29, 1.82) is 0 Å². The summed E-state index contributed by atoms with van der Waals surface area (Å²) in [5.41, 5.74) is 1.44. The summed E-state index contributed by atoms with van der Waals surface area (Å²) in [6, 6.07) is 4.46. The Morgan fingerprint density at radius 2 is 2.18 bits per heavy atom.